The van der Waals surface area contributed by atoms with Gasteiger partial charge in [-0.1, -0.05) is 48.5 Å². The van der Waals surface area contributed by atoms with Crippen LogP contribution in [0.2, 0.25) is 0 Å². The van der Waals surface area contributed by atoms with Crippen molar-refractivity contribution in [2.75, 3.05) is 24.9 Å². The number of ether oxygens (including phenoxy) is 2. The second-order valence-corrected chi connectivity index (χ2v) is 9.02. The number of thioether (sulfide) groups is 1. The number of carbonyl (C=O) groups excluding carboxylic acids is 2. The van der Waals surface area contributed by atoms with Crippen molar-refractivity contribution < 1.29 is 19.1 Å². The number of hydrogen-bond acceptors (Lipinski definition) is 5. The summed E-state index contributed by atoms with van der Waals surface area (Å²) >= 11 is 1.41. The number of carbonyl (C=O) groups is 2. The Morgan fingerprint density at radius 2 is 1.33 bits per heavy atom. The lowest BCUT2D eigenvalue weighted by atomic mass is 10.1. The van der Waals surface area contributed by atoms with E-state index in [0.717, 1.165) is 10.5 Å². The number of amides is 2. The summed E-state index contributed by atoms with van der Waals surface area (Å²) in [4.78, 5) is 27.0. The zero-order chi connectivity index (χ0) is 25.3. The van der Waals surface area contributed by atoms with Crippen LogP contribution < -0.4 is 20.1 Å². The van der Waals surface area contributed by atoms with Crippen molar-refractivity contribution in [2.24, 2.45) is 0 Å². The number of methoxy groups -OCH3 is 2. The predicted molar refractivity (Wildman–Crippen MR) is 144 cm³/mol. The summed E-state index contributed by atoms with van der Waals surface area (Å²) in [6.07, 6.45) is 0. The van der Waals surface area contributed by atoms with Crippen molar-refractivity contribution in [3.63, 3.8) is 0 Å². The summed E-state index contributed by atoms with van der Waals surface area (Å²) in [5.41, 5.74) is 2.65. The minimum Gasteiger partial charge on any atom is -0.497 e. The second kappa shape index (κ2) is 12.0. The number of hydrogen-bond donors (Lipinski definition) is 2. The van der Waals surface area contributed by atoms with Crippen molar-refractivity contribution in [1.82, 2.24) is 0 Å². The highest BCUT2D eigenvalue weighted by molar-refractivity contribution is 8.00. The number of rotatable bonds is 9. The molecular formula is C29H26N2O4S. The molecule has 7 heteroatoms. The number of nitrogens with one attached hydrogen (secondary N) is 2. The maximum absolute atomic E-state index is 13.4. The fourth-order valence-electron chi connectivity index (χ4n) is 3.56. The van der Waals surface area contributed by atoms with Gasteiger partial charge >= 0.3 is 0 Å². The third-order valence-corrected chi connectivity index (χ3v) is 6.60. The van der Waals surface area contributed by atoms with Gasteiger partial charge in [0.15, 0.2) is 0 Å². The van der Waals surface area contributed by atoms with Crippen molar-refractivity contribution in [3.05, 3.63) is 114 Å². The van der Waals surface area contributed by atoms with Gasteiger partial charge in [-0.25, -0.2) is 0 Å². The van der Waals surface area contributed by atoms with Gasteiger partial charge in [0.25, 0.3) is 5.91 Å². The first-order valence-electron chi connectivity index (χ1n) is 11.3. The lowest BCUT2D eigenvalue weighted by Gasteiger charge is -2.18. The standard InChI is InChI=1S/C29H26N2O4S/c1-34-24-14-6-11-21(17-24)28(32)30-23-13-8-16-26(19-23)36-27(20-9-4-3-5-10-20)29(33)31-22-12-7-15-25(18-22)35-2/h3-19,27H,1-2H3,(H,30,32)(H,31,33). The van der Waals surface area contributed by atoms with Crippen molar-refractivity contribution >= 4 is 35.0 Å². The van der Waals surface area contributed by atoms with Crippen molar-refractivity contribution in [3.8, 4) is 11.5 Å². The van der Waals surface area contributed by atoms with Gasteiger partial charge in [-0.2, -0.15) is 0 Å². The van der Waals surface area contributed by atoms with Gasteiger partial charge in [0.2, 0.25) is 5.91 Å². The molecule has 0 saturated heterocycles. The van der Waals surface area contributed by atoms with Crippen LogP contribution in [0.3, 0.4) is 0 Å². The van der Waals surface area contributed by atoms with Crippen LogP contribution in [0.4, 0.5) is 11.4 Å². The topological polar surface area (TPSA) is 76.7 Å². The van der Waals surface area contributed by atoms with Crippen molar-refractivity contribution in [1.29, 1.82) is 0 Å². The largest absolute Gasteiger partial charge is 0.497 e. The van der Waals surface area contributed by atoms with Crippen LogP contribution >= 0.6 is 11.8 Å². The van der Waals surface area contributed by atoms with Gasteiger partial charge in [-0.05, 0) is 54.1 Å². The molecule has 182 valence electrons. The molecule has 0 aliphatic rings. The highest BCUT2D eigenvalue weighted by atomic mass is 32.2. The first-order valence-corrected chi connectivity index (χ1v) is 12.2. The molecule has 0 aliphatic carbocycles. The van der Waals surface area contributed by atoms with Gasteiger partial charge < -0.3 is 20.1 Å². The Balaban J connectivity index is 1.53. The lowest BCUT2D eigenvalue weighted by Crippen LogP contribution is -2.19. The normalized spacial score (nSPS) is 11.3. The van der Waals surface area contributed by atoms with Crippen LogP contribution in [0.25, 0.3) is 0 Å². The molecule has 1 unspecified atom stereocenters. The lowest BCUT2D eigenvalue weighted by molar-refractivity contribution is -0.115. The Morgan fingerprint density at radius 3 is 2.06 bits per heavy atom. The van der Waals surface area contributed by atoms with Crippen molar-refractivity contribution in [2.45, 2.75) is 10.1 Å². The average Bonchev–Trinajstić information content (AvgIpc) is 2.92. The first kappa shape index (κ1) is 24.9. The first-order chi connectivity index (χ1) is 17.6. The van der Waals surface area contributed by atoms with E-state index in [1.54, 1.807) is 44.6 Å². The molecule has 4 aromatic rings. The molecule has 1 atom stereocenters. The monoisotopic (exact) mass is 498 g/mol. The Morgan fingerprint density at radius 1 is 0.694 bits per heavy atom. The molecule has 2 amide bonds. The summed E-state index contributed by atoms with van der Waals surface area (Å²) in [6, 6.07) is 31.2. The summed E-state index contributed by atoms with van der Waals surface area (Å²) in [5.74, 6) is 0.868. The average molecular weight is 499 g/mol. The van der Waals surface area contributed by atoms with Crippen LogP contribution in [0.1, 0.15) is 21.2 Å². The van der Waals surface area contributed by atoms with Crippen LogP contribution in [0.5, 0.6) is 11.5 Å². The maximum atomic E-state index is 13.4. The van der Waals surface area contributed by atoms with E-state index in [9.17, 15) is 9.59 Å². The van der Waals surface area contributed by atoms with Gasteiger partial charge in [-0.3, -0.25) is 9.59 Å². The summed E-state index contributed by atoms with van der Waals surface area (Å²) in [6.45, 7) is 0. The molecule has 4 rings (SSSR count). The highest BCUT2D eigenvalue weighted by Crippen LogP contribution is 2.37. The zero-order valence-corrected chi connectivity index (χ0v) is 20.8. The number of benzene rings is 4. The van der Waals surface area contributed by atoms with Crippen LogP contribution in [0.15, 0.2) is 108 Å². The Bertz CT molecular complexity index is 1340. The molecule has 36 heavy (non-hydrogen) atoms. The summed E-state index contributed by atoms with van der Waals surface area (Å²) in [5, 5.41) is 5.40. The molecule has 0 spiro atoms. The molecule has 2 N–H and O–H groups in total. The molecule has 6 nitrogen and oxygen atoms in total. The molecule has 0 saturated carbocycles. The van der Waals surface area contributed by atoms with Gasteiger partial charge in [-0.15, -0.1) is 11.8 Å². The van der Waals surface area contributed by atoms with E-state index in [4.69, 9.17) is 9.47 Å². The summed E-state index contributed by atoms with van der Waals surface area (Å²) < 4.78 is 10.5. The van der Waals surface area contributed by atoms with E-state index in [2.05, 4.69) is 10.6 Å². The van der Waals surface area contributed by atoms with E-state index in [1.165, 1.54) is 11.8 Å². The fraction of sp³-hybridized carbons (Fsp3) is 0.103. The molecule has 0 fully saturated rings. The molecule has 0 heterocycles. The Kier molecular flexibility index (Phi) is 8.26. The molecule has 0 aliphatic heterocycles. The van der Waals surface area contributed by atoms with E-state index in [1.807, 2.05) is 72.8 Å². The Labute approximate surface area is 214 Å². The molecule has 4 aromatic carbocycles. The minimum atomic E-state index is -0.512. The molecule has 0 bridgehead atoms. The minimum absolute atomic E-state index is 0.162. The highest BCUT2D eigenvalue weighted by Gasteiger charge is 2.22. The van der Waals surface area contributed by atoms with Crippen LogP contribution in [-0.4, -0.2) is 26.0 Å². The third-order valence-electron chi connectivity index (χ3n) is 5.36. The van der Waals surface area contributed by atoms with Gasteiger partial charge in [0.1, 0.15) is 16.7 Å². The maximum Gasteiger partial charge on any atom is 0.255 e. The second-order valence-electron chi connectivity index (χ2n) is 7.84. The molecular weight excluding hydrogens is 472 g/mol. The Hall–Kier alpha value is -4.23. The SMILES string of the molecule is COc1cccc(NC(=O)C(Sc2cccc(NC(=O)c3cccc(OC)c3)c2)c2ccccc2)c1. The van der Waals surface area contributed by atoms with Gasteiger partial charge in [0, 0.05) is 27.9 Å². The smallest absolute Gasteiger partial charge is 0.255 e. The zero-order valence-electron chi connectivity index (χ0n) is 19.9. The van der Waals surface area contributed by atoms with E-state index in [-0.39, 0.29) is 11.8 Å². The molecule has 0 radical (unpaired) electrons. The third kappa shape index (κ3) is 6.46. The van der Waals surface area contributed by atoms with Gasteiger partial charge in [0.05, 0.1) is 14.2 Å². The van der Waals surface area contributed by atoms with Crippen LogP contribution in [-0.2, 0) is 4.79 Å². The van der Waals surface area contributed by atoms with E-state index < -0.39 is 5.25 Å². The molecule has 0 aromatic heterocycles. The van der Waals surface area contributed by atoms with E-state index in [0.29, 0.717) is 28.4 Å². The quantitative estimate of drug-likeness (QED) is 0.260. The fourth-order valence-corrected chi connectivity index (χ4v) is 4.64. The number of anilines is 2. The van der Waals surface area contributed by atoms with E-state index >= 15 is 0 Å². The van der Waals surface area contributed by atoms with Crippen LogP contribution in [0, 0.1) is 0 Å². The summed E-state index contributed by atoms with van der Waals surface area (Å²) in [7, 11) is 3.15. The predicted octanol–water partition coefficient (Wildman–Crippen LogP) is 6.43.